The SMILES string of the molecule is C.C=CCN(CC=C)C(=O)CCCCCCCCC(=O)N(CC=C)CC=C.C=CC[NH+](CC=C)CCCCCCCCCC[NH+](CC=C)CC=C.[Cl-].[Cl-]. The molecule has 0 aliphatic carbocycles. The van der Waals surface area contributed by atoms with Crippen molar-refractivity contribution in [3.05, 3.63) is 101 Å². The van der Waals surface area contributed by atoms with Crippen molar-refractivity contribution < 1.29 is 44.2 Å². The van der Waals surface area contributed by atoms with Crippen molar-refractivity contribution in [2.45, 2.75) is 110 Å². The van der Waals surface area contributed by atoms with Crippen LogP contribution in [0.4, 0.5) is 0 Å². The third-order valence-electron chi connectivity index (χ3n) is 8.68. The van der Waals surface area contributed by atoms with Crippen LogP contribution in [0, 0.1) is 0 Å². The molecule has 0 aliphatic rings. The van der Waals surface area contributed by atoms with Gasteiger partial charge in [0, 0.05) is 39.0 Å². The summed E-state index contributed by atoms with van der Waals surface area (Å²) >= 11 is 0. The van der Waals surface area contributed by atoms with Crippen LogP contribution in [0.1, 0.15) is 110 Å². The number of amides is 2. The summed E-state index contributed by atoms with van der Waals surface area (Å²) < 4.78 is 0. The fourth-order valence-electron chi connectivity index (χ4n) is 5.96. The number of nitrogens with zero attached hydrogens (tertiary/aromatic N) is 2. The van der Waals surface area contributed by atoms with Gasteiger partial charge in [-0.15, -0.1) is 26.3 Å². The summed E-state index contributed by atoms with van der Waals surface area (Å²) in [5, 5.41) is 0. The highest BCUT2D eigenvalue weighted by molar-refractivity contribution is 5.76. The molecule has 53 heavy (non-hydrogen) atoms. The maximum Gasteiger partial charge on any atom is 0.223 e. The van der Waals surface area contributed by atoms with Crippen LogP contribution in [0.3, 0.4) is 0 Å². The van der Waals surface area contributed by atoms with Crippen molar-refractivity contribution >= 4 is 11.8 Å². The van der Waals surface area contributed by atoms with Crippen molar-refractivity contribution in [3.63, 3.8) is 0 Å². The molecule has 0 spiro atoms. The maximum absolute atomic E-state index is 12.1. The normalized spacial score (nSPS) is 9.85. The molecule has 308 valence electrons. The predicted molar refractivity (Wildman–Crippen MR) is 226 cm³/mol. The average Bonchev–Trinajstić information content (AvgIpc) is 3.10. The number of rotatable bonds is 36. The second-order valence-corrected chi connectivity index (χ2v) is 13.2. The van der Waals surface area contributed by atoms with Gasteiger partial charge < -0.3 is 44.4 Å². The molecule has 0 atom stereocenters. The molecule has 0 bridgehead atoms. The Morgan fingerprint density at radius 2 is 0.604 bits per heavy atom. The van der Waals surface area contributed by atoms with Crippen LogP contribution >= 0.6 is 0 Å². The zero-order valence-corrected chi connectivity index (χ0v) is 34.6. The van der Waals surface area contributed by atoms with E-state index in [9.17, 15) is 9.59 Å². The molecule has 0 saturated heterocycles. The Bertz CT molecular complexity index is 825. The number of hydrogen-bond acceptors (Lipinski definition) is 2. The summed E-state index contributed by atoms with van der Waals surface area (Å²) in [6.45, 7) is 39.1. The molecule has 0 aromatic carbocycles. The largest absolute Gasteiger partial charge is 1.00 e. The van der Waals surface area contributed by atoms with Gasteiger partial charge in [-0.3, -0.25) is 9.59 Å². The van der Waals surface area contributed by atoms with Crippen LogP contribution in [0.15, 0.2) is 101 Å². The quantitative estimate of drug-likeness (QED) is 0.0754. The van der Waals surface area contributed by atoms with E-state index in [0.717, 1.165) is 64.7 Å². The molecule has 0 aliphatic heterocycles. The second kappa shape index (κ2) is 47.4. The summed E-state index contributed by atoms with van der Waals surface area (Å²) in [7, 11) is 0. The Labute approximate surface area is 341 Å². The van der Waals surface area contributed by atoms with Crippen LogP contribution in [-0.4, -0.2) is 87.1 Å². The van der Waals surface area contributed by atoms with E-state index in [1.165, 1.54) is 64.5 Å². The molecule has 0 aromatic rings. The third kappa shape index (κ3) is 38.9. The van der Waals surface area contributed by atoms with Gasteiger partial charge in [-0.1, -0.05) is 109 Å². The van der Waals surface area contributed by atoms with Gasteiger partial charge >= 0.3 is 0 Å². The van der Waals surface area contributed by atoms with E-state index in [0.29, 0.717) is 39.0 Å². The third-order valence-corrected chi connectivity index (χ3v) is 8.68. The smallest absolute Gasteiger partial charge is 0.223 e. The highest BCUT2D eigenvalue weighted by atomic mass is 35.5. The van der Waals surface area contributed by atoms with Gasteiger partial charge in [-0.25, -0.2) is 0 Å². The van der Waals surface area contributed by atoms with Gasteiger partial charge in [0.15, 0.2) is 0 Å². The number of hydrogen-bond donors (Lipinski definition) is 2. The van der Waals surface area contributed by atoms with Gasteiger partial charge in [0.05, 0.1) is 39.3 Å². The Balaban J connectivity index is -0.000000275. The highest BCUT2D eigenvalue weighted by Crippen LogP contribution is 2.11. The molecule has 0 unspecified atom stereocenters. The van der Waals surface area contributed by atoms with Crippen molar-refractivity contribution in [3.8, 4) is 0 Å². The topological polar surface area (TPSA) is 49.5 Å². The molecule has 2 N–H and O–H groups in total. The van der Waals surface area contributed by atoms with Crippen molar-refractivity contribution in [2.75, 3.05) is 65.4 Å². The molecule has 8 heteroatoms. The molecule has 0 heterocycles. The van der Waals surface area contributed by atoms with Gasteiger partial charge in [0.1, 0.15) is 0 Å². The summed E-state index contributed by atoms with van der Waals surface area (Å²) in [6, 6.07) is 0. The number of carbonyl (C=O) groups is 2. The first-order valence-electron chi connectivity index (χ1n) is 19.5. The fraction of sp³-hybridized carbons (Fsp3) is 0.600. The van der Waals surface area contributed by atoms with E-state index in [-0.39, 0.29) is 44.1 Å². The Kier molecular flexibility index (Phi) is 53.3. The summed E-state index contributed by atoms with van der Waals surface area (Å²) in [6.07, 6.45) is 33.3. The standard InChI is InChI=1S/C22H36N2O2.C22H40N2.CH4.2ClH/c1-5-17-23(18-6-2)21(25)15-13-11-9-10-12-14-16-22(26)24(19-7-3)20-8-4;1-5-17-23(18-6-2)21-15-13-11-9-10-12-14-16-22-24(19-7-3)20-8-4;;;/h5-8H,1-4,9-20H2;5-8H,1-4,9-22H2;1H4;2*1H. The molecule has 0 aromatic heterocycles. The van der Waals surface area contributed by atoms with E-state index in [4.69, 9.17) is 0 Å². The average molecular weight is 782 g/mol. The van der Waals surface area contributed by atoms with Crippen LogP contribution in [0.25, 0.3) is 0 Å². The molecule has 2 amide bonds. The van der Waals surface area contributed by atoms with Crippen LogP contribution in [0.5, 0.6) is 0 Å². The first-order chi connectivity index (χ1) is 24.4. The minimum Gasteiger partial charge on any atom is -1.00 e. The van der Waals surface area contributed by atoms with E-state index in [1.807, 2.05) is 24.3 Å². The number of nitrogens with one attached hydrogen (secondary N) is 2. The lowest BCUT2D eigenvalue weighted by molar-refractivity contribution is -0.888. The highest BCUT2D eigenvalue weighted by Gasteiger charge is 2.11. The molecular formula is C45H82Cl2N4O2. The minimum absolute atomic E-state index is 0. The molecule has 0 fully saturated rings. The lowest BCUT2D eigenvalue weighted by Gasteiger charge is -2.19. The van der Waals surface area contributed by atoms with E-state index in [1.54, 1.807) is 43.9 Å². The van der Waals surface area contributed by atoms with Crippen LogP contribution in [-0.2, 0) is 9.59 Å². The van der Waals surface area contributed by atoms with Crippen molar-refractivity contribution in [1.82, 2.24) is 9.80 Å². The molecular weight excluding hydrogens is 699 g/mol. The van der Waals surface area contributed by atoms with Gasteiger partial charge in [-0.2, -0.15) is 0 Å². The molecule has 0 saturated carbocycles. The molecule has 6 nitrogen and oxygen atoms in total. The zero-order chi connectivity index (χ0) is 37.5. The van der Waals surface area contributed by atoms with Gasteiger partial charge in [0.2, 0.25) is 11.8 Å². The Morgan fingerprint density at radius 1 is 0.377 bits per heavy atom. The minimum atomic E-state index is 0. The van der Waals surface area contributed by atoms with Gasteiger partial charge in [0.25, 0.3) is 0 Å². The predicted octanol–water partition coefficient (Wildman–Crippen LogP) is 1.77. The lowest BCUT2D eigenvalue weighted by atomic mass is 10.1. The van der Waals surface area contributed by atoms with E-state index in [2.05, 4.69) is 52.6 Å². The van der Waals surface area contributed by atoms with Gasteiger partial charge in [-0.05, 0) is 62.8 Å². The monoisotopic (exact) mass is 781 g/mol. The number of quaternary nitrogens is 2. The zero-order valence-electron chi connectivity index (χ0n) is 33.1. The molecule has 0 radical (unpaired) electrons. The Morgan fingerprint density at radius 3 is 0.830 bits per heavy atom. The number of unbranched alkanes of at least 4 members (excludes halogenated alkanes) is 12. The number of halogens is 2. The Hall–Kier alpha value is -2.64. The van der Waals surface area contributed by atoms with Crippen molar-refractivity contribution in [2.24, 2.45) is 0 Å². The van der Waals surface area contributed by atoms with Crippen LogP contribution < -0.4 is 34.6 Å². The summed E-state index contributed by atoms with van der Waals surface area (Å²) in [5.74, 6) is 0.333. The molecule has 0 rings (SSSR count). The fourth-order valence-corrected chi connectivity index (χ4v) is 5.96. The number of carbonyl (C=O) groups excluding carboxylic acids is 2. The lowest BCUT2D eigenvalue weighted by Crippen LogP contribution is -3.11. The van der Waals surface area contributed by atoms with E-state index < -0.39 is 0 Å². The van der Waals surface area contributed by atoms with Crippen LogP contribution in [0.2, 0.25) is 0 Å². The summed E-state index contributed by atoms with van der Waals surface area (Å²) in [4.78, 5) is 30.9. The maximum atomic E-state index is 12.1. The summed E-state index contributed by atoms with van der Waals surface area (Å²) in [5.41, 5.74) is 0. The van der Waals surface area contributed by atoms with E-state index >= 15 is 0 Å². The first kappa shape index (κ1) is 59.6. The van der Waals surface area contributed by atoms with Crippen molar-refractivity contribution in [1.29, 1.82) is 0 Å². The second-order valence-electron chi connectivity index (χ2n) is 13.2. The first-order valence-corrected chi connectivity index (χ1v) is 19.5.